The number of hydrogen-bond acceptors (Lipinski definition) is 5. The number of rotatable bonds is 6. The first-order valence-electron chi connectivity index (χ1n) is 6.82. The Balaban J connectivity index is 2.54. The fourth-order valence-electron chi connectivity index (χ4n) is 1.80. The fraction of sp³-hybridized carbons (Fsp3) is 0.917. The second kappa shape index (κ2) is 8.29. The molecule has 6 heteroatoms. The molecule has 0 aromatic heterocycles. The van der Waals surface area contributed by atoms with Crippen molar-refractivity contribution >= 4 is 6.09 Å². The van der Waals surface area contributed by atoms with Crippen molar-refractivity contribution in [1.29, 1.82) is 0 Å². The van der Waals surface area contributed by atoms with Crippen molar-refractivity contribution in [3.05, 3.63) is 0 Å². The van der Waals surface area contributed by atoms with E-state index in [4.69, 9.17) is 10.5 Å². The summed E-state index contributed by atoms with van der Waals surface area (Å²) in [6.45, 7) is 8.60. The van der Waals surface area contributed by atoms with E-state index in [2.05, 4.69) is 10.3 Å². The standard InChI is InChI=1S/C12H26N4O2/c1-3-11(2)18-12(17)16(8-4-5-13)15-9-6-14-7-10-15/h11,14H,3-10,13H2,1-2H3. The molecule has 0 aromatic carbocycles. The minimum atomic E-state index is -0.250. The summed E-state index contributed by atoms with van der Waals surface area (Å²) in [4.78, 5) is 12.1. The van der Waals surface area contributed by atoms with Crippen molar-refractivity contribution in [3.63, 3.8) is 0 Å². The van der Waals surface area contributed by atoms with Crippen LogP contribution in [0.2, 0.25) is 0 Å². The van der Waals surface area contributed by atoms with Gasteiger partial charge in [0.2, 0.25) is 0 Å². The van der Waals surface area contributed by atoms with Gasteiger partial charge in [0.05, 0.1) is 0 Å². The maximum Gasteiger partial charge on any atom is 0.424 e. The Labute approximate surface area is 109 Å². The van der Waals surface area contributed by atoms with E-state index in [9.17, 15) is 4.79 Å². The molecule has 1 unspecified atom stereocenters. The van der Waals surface area contributed by atoms with Crippen LogP contribution in [0.25, 0.3) is 0 Å². The smallest absolute Gasteiger partial charge is 0.424 e. The zero-order valence-corrected chi connectivity index (χ0v) is 11.5. The first kappa shape index (κ1) is 15.2. The number of ether oxygens (including phenoxy) is 1. The average Bonchev–Trinajstić information content (AvgIpc) is 2.40. The highest BCUT2D eigenvalue weighted by Crippen LogP contribution is 2.07. The molecule has 1 aliphatic heterocycles. The minimum Gasteiger partial charge on any atom is -0.445 e. The number of nitrogens with two attached hydrogens (primary N) is 1. The Hall–Kier alpha value is -0.850. The van der Waals surface area contributed by atoms with Gasteiger partial charge < -0.3 is 15.8 Å². The van der Waals surface area contributed by atoms with Gasteiger partial charge in [0.15, 0.2) is 0 Å². The van der Waals surface area contributed by atoms with Gasteiger partial charge in [-0.2, -0.15) is 0 Å². The molecule has 0 saturated carbocycles. The van der Waals surface area contributed by atoms with Gasteiger partial charge >= 0.3 is 6.09 Å². The van der Waals surface area contributed by atoms with Crippen molar-refractivity contribution in [2.24, 2.45) is 5.73 Å². The van der Waals surface area contributed by atoms with Crippen molar-refractivity contribution in [1.82, 2.24) is 15.3 Å². The summed E-state index contributed by atoms with van der Waals surface area (Å²) >= 11 is 0. The highest BCUT2D eigenvalue weighted by Gasteiger charge is 2.24. The quantitative estimate of drug-likeness (QED) is 0.721. The molecule has 1 heterocycles. The summed E-state index contributed by atoms with van der Waals surface area (Å²) in [6, 6.07) is 0. The van der Waals surface area contributed by atoms with Gasteiger partial charge in [-0.3, -0.25) is 0 Å². The summed E-state index contributed by atoms with van der Waals surface area (Å²) < 4.78 is 5.40. The van der Waals surface area contributed by atoms with Gasteiger partial charge in [-0.15, -0.1) is 0 Å². The Morgan fingerprint density at radius 2 is 2.17 bits per heavy atom. The van der Waals surface area contributed by atoms with E-state index in [-0.39, 0.29) is 12.2 Å². The lowest BCUT2D eigenvalue weighted by molar-refractivity contribution is -0.0402. The van der Waals surface area contributed by atoms with Crippen LogP contribution in [0.15, 0.2) is 0 Å². The molecular formula is C12H26N4O2. The Bertz CT molecular complexity index is 244. The average molecular weight is 258 g/mol. The number of hydrazine groups is 1. The monoisotopic (exact) mass is 258 g/mol. The van der Waals surface area contributed by atoms with E-state index in [1.165, 1.54) is 0 Å². The maximum absolute atomic E-state index is 12.1. The first-order chi connectivity index (χ1) is 8.69. The van der Waals surface area contributed by atoms with E-state index in [0.717, 1.165) is 39.0 Å². The topological polar surface area (TPSA) is 70.8 Å². The number of piperazine rings is 1. The van der Waals surface area contributed by atoms with Crippen molar-refractivity contribution < 1.29 is 9.53 Å². The van der Waals surface area contributed by atoms with Crippen molar-refractivity contribution in [2.45, 2.75) is 32.8 Å². The lowest BCUT2D eigenvalue weighted by atomic mass is 10.3. The van der Waals surface area contributed by atoms with Crippen LogP contribution in [0.5, 0.6) is 0 Å². The zero-order chi connectivity index (χ0) is 13.4. The number of amides is 1. The Kier molecular flexibility index (Phi) is 7.00. The number of carbonyl (C=O) groups excluding carboxylic acids is 1. The number of carbonyl (C=O) groups is 1. The van der Waals surface area contributed by atoms with Gasteiger partial charge in [-0.05, 0) is 26.3 Å². The molecule has 0 radical (unpaired) electrons. The highest BCUT2D eigenvalue weighted by atomic mass is 16.6. The summed E-state index contributed by atoms with van der Waals surface area (Å²) in [7, 11) is 0. The van der Waals surface area contributed by atoms with Gasteiger partial charge in [0.1, 0.15) is 6.10 Å². The van der Waals surface area contributed by atoms with Crippen LogP contribution in [0.4, 0.5) is 4.79 Å². The predicted molar refractivity (Wildman–Crippen MR) is 71.1 cm³/mol. The van der Waals surface area contributed by atoms with Crippen molar-refractivity contribution in [3.8, 4) is 0 Å². The van der Waals surface area contributed by atoms with E-state index in [0.29, 0.717) is 13.1 Å². The normalized spacial score (nSPS) is 18.4. The zero-order valence-electron chi connectivity index (χ0n) is 11.5. The molecule has 18 heavy (non-hydrogen) atoms. The van der Waals surface area contributed by atoms with Crippen LogP contribution in [0.3, 0.4) is 0 Å². The van der Waals surface area contributed by atoms with Crippen LogP contribution in [-0.4, -0.2) is 61.5 Å². The lowest BCUT2D eigenvalue weighted by Crippen LogP contribution is -2.55. The first-order valence-corrected chi connectivity index (χ1v) is 6.82. The van der Waals surface area contributed by atoms with Crippen LogP contribution >= 0.6 is 0 Å². The summed E-state index contributed by atoms with van der Waals surface area (Å²) in [6.07, 6.45) is 1.33. The highest BCUT2D eigenvalue weighted by molar-refractivity contribution is 5.67. The summed E-state index contributed by atoms with van der Waals surface area (Å²) in [5.74, 6) is 0. The van der Waals surface area contributed by atoms with Gasteiger partial charge in [-0.25, -0.2) is 14.8 Å². The molecule has 6 nitrogen and oxygen atoms in total. The third-order valence-corrected chi connectivity index (χ3v) is 3.10. The van der Waals surface area contributed by atoms with Gasteiger partial charge in [0, 0.05) is 32.7 Å². The van der Waals surface area contributed by atoms with Crippen LogP contribution < -0.4 is 11.1 Å². The third-order valence-electron chi connectivity index (χ3n) is 3.10. The molecule has 1 aliphatic rings. The molecular weight excluding hydrogens is 232 g/mol. The predicted octanol–water partition coefficient (Wildman–Crippen LogP) is 0.393. The fourth-order valence-corrected chi connectivity index (χ4v) is 1.80. The van der Waals surface area contributed by atoms with Gasteiger partial charge in [0.25, 0.3) is 0 Å². The lowest BCUT2D eigenvalue weighted by Gasteiger charge is -2.37. The second-order valence-electron chi connectivity index (χ2n) is 4.57. The molecule has 0 aliphatic carbocycles. The van der Waals surface area contributed by atoms with E-state index in [1.54, 1.807) is 5.01 Å². The van der Waals surface area contributed by atoms with Crippen LogP contribution in [0, 0.1) is 0 Å². The molecule has 1 atom stereocenters. The molecule has 1 amide bonds. The third kappa shape index (κ3) is 4.80. The van der Waals surface area contributed by atoms with E-state index >= 15 is 0 Å². The molecule has 1 saturated heterocycles. The molecule has 1 fully saturated rings. The number of hydrogen-bond donors (Lipinski definition) is 2. The molecule has 0 bridgehead atoms. The largest absolute Gasteiger partial charge is 0.445 e. The molecule has 3 N–H and O–H groups in total. The Morgan fingerprint density at radius 1 is 1.50 bits per heavy atom. The summed E-state index contributed by atoms with van der Waals surface area (Å²) in [5, 5.41) is 7.03. The van der Waals surface area contributed by atoms with Gasteiger partial charge in [-0.1, -0.05) is 6.92 Å². The van der Waals surface area contributed by atoms with E-state index < -0.39 is 0 Å². The molecule has 106 valence electrons. The molecule has 1 rings (SSSR count). The minimum absolute atomic E-state index is 0.0409. The maximum atomic E-state index is 12.1. The van der Waals surface area contributed by atoms with Crippen LogP contribution in [0.1, 0.15) is 26.7 Å². The van der Waals surface area contributed by atoms with Crippen molar-refractivity contribution in [2.75, 3.05) is 39.3 Å². The number of nitrogens with zero attached hydrogens (tertiary/aromatic N) is 2. The van der Waals surface area contributed by atoms with E-state index in [1.807, 2.05) is 13.8 Å². The number of nitrogens with one attached hydrogen (secondary N) is 1. The SMILES string of the molecule is CCC(C)OC(=O)N(CCCN)N1CCNCC1. The van der Waals surface area contributed by atoms with Crippen LogP contribution in [-0.2, 0) is 4.74 Å². The summed E-state index contributed by atoms with van der Waals surface area (Å²) in [5.41, 5.74) is 5.52. The molecule has 0 spiro atoms. The Morgan fingerprint density at radius 3 is 2.72 bits per heavy atom. The molecule has 0 aromatic rings. The second-order valence-corrected chi connectivity index (χ2v) is 4.57.